The predicted molar refractivity (Wildman–Crippen MR) is 70.3 cm³/mol. The molecule has 3 rings (SSSR count). The molecule has 0 radical (unpaired) electrons. The Kier molecular flexibility index (Phi) is 2.54. The molecule has 0 saturated heterocycles. The molecule has 0 aliphatic rings. The highest BCUT2D eigenvalue weighted by Crippen LogP contribution is 2.23. The fourth-order valence-corrected chi connectivity index (χ4v) is 1.97. The molecule has 0 saturated carbocycles. The molecule has 0 spiro atoms. The van der Waals surface area contributed by atoms with Crippen molar-refractivity contribution >= 4 is 10.8 Å². The van der Waals surface area contributed by atoms with Crippen LogP contribution < -0.4 is 5.56 Å². The third kappa shape index (κ3) is 1.85. The van der Waals surface area contributed by atoms with Crippen molar-refractivity contribution in [1.82, 2.24) is 15.2 Å². The number of H-pyrrole nitrogens is 1. The molecule has 5 nitrogen and oxygen atoms in total. The van der Waals surface area contributed by atoms with Gasteiger partial charge in [0.2, 0.25) is 0 Å². The molecular weight excluding hydrogens is 240 g/mol. The van der Waals surface area contributed by atoms with Crippen LogP contribution in [0.2, 0.25) is 0 Å². The molecule has 0 unspecified atom stereocenters. The van der Waals surface area contributed by atoms with Gasteiger partial charge in [-0.3, -0.25) is 9.78 Å². The zero-order valence-corrected chi connectivity index (χ0v) is 9.79. The molecule has 90 valence electrons. The Bertz CT molecular complexity index is 861. The highest BCUT2D eigenvalue weighted by atomic mass is 16.1. The fourth-order valence-electron chi connectivity index (χ4n) is 1.97. The van der Waals surface area contributed by atoms with Crippen LogP contribution in [0.4, 0.5) is 0 Å². The van der Waals surface area contributed by atoms with Gasteiger partial charge in [0.25, 0.3) is 5.56 Å². The normalized spacial score (nSPS) is 10.3. The Hall–Kier alpha value is -3.00. The number of nitrogens with zero attached hydrogens (tertiary/aromatic N) is 3. The lowest BCUT2D eigenvalue weighted by Gasteiger charge is -2.04. The summed E-state index contributed by atoms with van der Waals surface area (Å²) in [5, 5.41) is 16.7. The quantitative estimate of drug-likeness (QED) is 0.712. The second kappa shape index (κ2) is 4.35. The topological polar surface area (TPSA) is 82.4 Å². The number of pyridine rings is 1. The number of aromatic amines is 1. The number of rotatable bonds is 1. The minimum Gasteiger partial charge on any atom is -0.267 e. The van der Waals surface area contributed by atoms with Gasteiger partial charge >= 0.3 is 0 Å². The lowest BCUT2D eigenvalue weighted by Crippen LogP contribution is -2.09. The van der Waals surface area contributed by atoms with E-state index < -0.39 is 0 Å². The minimum absolute atomic E-state index is 0.233. The van der Waals surface area contributed by atoms with E-state index in [0.717, 1.165) is 5.39 Å². The maximum Gasteiger partial charge on any atom is 0.272 e. The van der Waals surface area contributed by atoms with E-state index in [4.69, 9.17) is 5.26 Å². The van der Waals surface area contributed by atoms with Crippen molar-refractivity contribution in [3.8, 4) is 17.3 Å². The van der Waals surface area contributed by atoms with Crippen molar-refractivity contribution in [3.05, 3.63) is 58.6 Å². The number of hydrogen-bond donors (Lipinski definition) is 1. The monoisotopic (exact) mass is 248 g/mol. The molecule has 0 aliphatic carbocycles. The second-order valence-corrected chi connectivity index (χ2v) is 4.02. The van der Waals surface area contributed by atoms with Gasteiger partial charge in [-0.05, 0) is 12.1 Å². The van der Waals surface area contributed by atoms with E-state index in [9.17, 15) is 4.79 Å². The van der Waals surface area contributed by atoms with E-state index in [2.05, 4.69) is 15.2 Å². The lowest BCUT2D eigenvalue weighted by atomic mass is 10.1. The van der Waals surface area contributed by atoms with Gasteiger partial charge in [-0.15, -0.1) is 0 Å². The van der Waals surface area contributed by atoms with Gasteiger partial charge in [-0.25, -0.2) is 5.10 Å². The lowest BCUT2D eigenvalue weighted by molar-refractivity contribution is 1.02. The molecule has 0 amide bonds. The fraction of sp³-hybridized carbons (Fsp3) is 0. The standard InChI is InChI=1S/C14H8N4O/c15-6-9-5-10(8-16-7-9)13-11-3-1-2-4-12(11)14(19)18-17-13/h1-5,7-8H,(H,18,19). The molecule has 0 aliphatic heterocycles. The number of hydrogen-bond acceptors (Lipinski definition) is 4. The summed E-state index contributed by atoms with van der Waals surface area (Å²) in [5.74, 6) is 0. The first-order valence-corrected chi connectivity index (χ1v) is 5.62. The molecule has 1 N–H and O–H groups in total. The van der Waals surface area contributed by atoms with Crippen molar-refractivity contribution in [2.24, 2.45) is 0 Å². The summed E-state index contributed by atoms with van der Waals surface area (Å²) in [4.78, 5) is 15.7. The summed E-state index contributed by atoms with van der Waals surface area (Å²) in [6, 6.07) is 10.9. The van der Waals surface area contributed by atoms with E-state index in [1.807, 2.05) is 18.2 Å². The van der Waals surface area contributed by atoms with Gasteiger partial charge in [-0.2, -0.15) is 10.4 Å². The van der Waals surface area contributed by atoms with Crippen LogP contribution in [0.5, 0.6) is 0 Å². The SMILES string of the molecule is N#Cc1cncc(-c2n[nH]c(=O)c3ccccc23)c1. The Balaban J connectivity index is 2.34. The van der Waals surface area contributed by atoms with Gasteiger partial charge in [0.15, 0.2) is 0 Å². The molecule has 0 fully saturated rings. The van der Waals surface area contributed by atoms with Crippen molar-refractivity contribution < 1.29 is 0 Å². The average Bonchev–Trinajstić information content (AvgIpc) is 2.48. The third-order valence-electron chi connectivity index (χ3n) is 2.84. The van der Waals surface area contributed by atoms with E-state index in [1.54, 1.807) is 24.4 Å². The molecule has 0 atom stereocenters. The van der Waals surface area contributed by atoms with Gasteiger partial charge in [0.05, 0.1) is 10.9 Å². The molecule has 3 aromatic rings. The summed E-state index contributed by atoms with van der Waals surface area (Å²) >= 11 is 0. The van der Waals surface area contributed by atoms with Crippen LogP contribution >= 0.6 is 0 Å². The van der Waals surface area contributed by atoms with Crippen molar-refractivity contribution in [1.29, 1.82) is 5.26 Å². The Morgan fingerprint density at radius 1 is 1.16 bits per heavy atom. The Morgan fingerprint density at radius 2 is 1.95 bits per heavy atom. The van der Waals surface area contributed by atoms with Crippen molar-refractivity contribution in [2.75, 3.05) is 0 Å². The van der Waals surface area contributed by atoms with E-state index in [1.165, 1.54) is 6.20 Å². The molecule has 5 heteroatoms. The maximum absolute atomic E-state index is 11.7. The van der Waals surface area contributed by atoms with Crippen LogP contribution in [0.3, 0.4) is 0 Å². The number of nitriles is 1. The predicted octanol–water partition coefficient (Wildman–Crippen LogP) is 1.86. The number of fused-ring (bicyclic) bond motifs is 1. The molecule has 1 aromatic carbocycles. The minimum atomic E-state index is -0.233. The molecule has 2 heterocycles. The molecule has 2 aromatic heterocycles. The first-order valence-electron chi connectivity index (χ1n) is 5.62. The van der Waals surface area contributed by atoms with Gasteiger partial charge in [-0.1, -0.05) is 18.2 Å². The first-order chi connectivity index (χ1) is 9.29. The summed E-state index contributed by atoms with van der Waals surface area (Å²) < 4.78 is 0. The highest BCUT2D eigenvalue weighted by Gasteiger charge is 2.08. The largest absolute Gasteiger partial charge is 0.272 e. The first kappa shape index (κ1) is 11.1. The van der Waals surface area contributed by atoms with Crippen LogP contribution in [0, 0.1) is 11.3 Å². The van der Waals surface area contributed by atoms with Gasteiger partial charge in [0.1, 0.15) is 11.8 Å². The molecule has 0 bridgehead atoms. The zero-order valence-electron chi connectivity index (χ0n) is 9.79. The van der Waals surface area contributed by atoms with Crippen LogP contribution in [-0.4, -0.2) is 15.2 Å². The number of benzene rings is 1. The third-order valence-corrected chi connectivity index (χ3v) is 2.84. The zero-order chi connectivity index (χ0) is 13.2. The van der Waals surface area contributed by atoms with E-state index >= 15 is 0 Å². The van der Waals surface area contributed by atoms with Gasteiger partial charge in [0, 0.05) is 23.3 Å². The van der Waals surface area contributed by atoms with Crippen LogP contribution in [-0.2, 0) is 0 Å². The summed E-state index contributed by atoms with van der Waals surface area (Å²) in [6.07, 6.45) is 3.10. The number of nitrogens with one attached hydrogen (secondary N) is 1. The van der Waals surface area contributed by atoms with Crippen LogP contribution in [0.1, 0.15) is 5.56 Å². The average molecular weight is 248 g/mol. The Morgan fingerprint density at radius 3 is 2.74 bits per heavy atom. The number of aromatic nitrogens is 3. The van der Waals surface area contributed by atoms with E-state index in [-0.39, 0.29) is 5.56 Å². The maximum atomic E-state index is 11.7. The Labute approximate surface area is 108 Å². The van der Waals surface area contributed by atoms with Crippen molar-refractivity contribution in [2.45, 2.75) is 0 Å². The van der Waals surface area contributed by atoms with Gasteiger partial charge < -0.3 is 0 Å². The summed E-state index contributed by atoms with van der Waals surface area (Å²) in [5.41, 5.74) is 1.53. The molecule has 19 heavy (non-hydrogen) atoms. The second-order valence-electron chi connectivity index (χ2n) is 4.02. The molecular formula is C14H8N4O. The summed E-state index contributed by atoms with van der Waals surface area (Å²) in [7, 11) is 0. The highest BCUT2D eigenvalue weighted by molar-refractivity contribution is 5.93. The van der Waals surface area contributed by atoms with Crippen LogP contribution in [0.15, 0.2) is 47.5 Å². The van der Waals surface area contributed by atoms with Crippen molar-refractivity contribution in [3.63, 3.8) is 0 Å². The smallest absolute Gasteiger partial charge is 0.267 e. The van der Waals surface area contributed by atoms with Crippen LogP contribution in [0.25, 0.3) is 22.0 Å². The summed E-state index contributed by atoms with van der Waals surface area (Å²) in [6.45, 7) is 0. The van der Waals surface area contributed by atoms with E-state index in [0.29, 0.717) is 22.2 Å².